The lowest BCUT2D eigenvalue weighted by molar-refractivity contribution is -0.151. The zero-order chi connectivity index (χ0) is 35.8. The first-order valence-corrected chi connectivity index (χ1v) is 16.3. The number of nitrogens with zero attached hydrogens (tertiary/aromatic N) is 3. The first-order chi connectivity index (χ1) is 23.2. The number of imidazole rings is 1. The van der Waals surface area contributed by atoms with Gasteiger partial charge in [-0.1, -0.05) is 60.7 Å². The Morgan fingerprint density at radius 1 is 0.959 bits per heavy atom. The Balaban J connectivity index is 1.55. The summed E-state index contributed by atoms with van der Waals surface area (Å²) in [6, 6.07) is 16.1. The van der Waals surface area contributed by atoms with E-state index in [4.69, 9.17) is 9.47 Å². The number of alkyl carbamates (subject to hydrolysis) is 1. The van der Waals surface area contributed by atoms with E-state index in [0.717, 1.165) is 5.56 Å². The van der Waals surface area contributed by atoms with Gasteiger partial charge in [-0.3, -0.25) is 14.4 Å². The minimum absolute atomic E-state index is 0.162. The molecule has 0 aliphatic carbocycles. The van der Waals surface area contributed by atoms with Crippen molar-refractivity contribution in [2.75, 3.05) is 19.0 Å². The molecule has 1 fully saturated rings. The maximum atomic E-state index is 14.0. The third-order valence-corrected chi connectivity index (χ3v) is 8.08. The predicted molar refractivity (Wildman–Crippen MR) is 182 cm³/mol. The highest BCUT2D eigenvalue weighted by atomic mass is 16.6. The van der Waals surface area contributed by atoms with Gasteiger partial charge in [0.05, 0.1) is 13.4 Å². The Morgan fingerprint density at radius 2 is 1.61 bits per heavy atom. The molecule has 4 amide bonds. The number of hydrogen-bond donors (Lipinski definition) is 3. The standard InChI is InChI=1S/C36H46N6O7/c1-35(2,3)49-34(47)40-36(4,5)33(46)38-26(20-19-24-14-9-7-10-15-24)30(43)39-28-22-41(23-37-28)29(25-16-11-8-12-17-25)31(44)42-21-13-18-27(42)32(45)48-6/h7-12,14-17,22-23,26-27,29H,13,18-21H2,1-6H3,(H,38,46)(H,39,43)(H,40,47)/t26-,27?,29?/m1/s1. The number of carbonyl (C=O) groups is 5. The average molecular weight is 675 g/mol. The fourth-order valence-corrected chi connectivity index (χ4v) is 5.58. The lowest BCUT2D eigenvalue weighted by Crippen LogP contribution is -2.59. The molecule has 1 saturated heterocycles. The van der Waals surface area contributed by atoms with Crippen LogP contribution in [0, 0.1) is 0 Å². The van der Waals surface area contributed by atoms with E-state index in [1.807, 2.05) is 60.7 Å². The molecule has 1 aromatic heterocycles. The van der Waals surface area contributed by atoms with Crippen LogP contribution in [0.1, 0.15) is 71.0 Å². The normalized spacial score (nSPS) is 15.9. The number of rotatable bonds is 12. The van der Waals surface area contributed by atoms with Crippen LogP contribution >= 0.6 is 0 Å². The summed E-state index contributed by atoms with van der Waals surface area (Å²) in [6.45, 7) is 8.59. The Morgan fingerprint density at radius 3 is 2.24 bits per heavy atom. The van der Waals surface area contributed by atoms with E-state index in [0.29, 0.717) is 31.4 Å². The third-order valence-electron chi connectivity index (χ3n) is 8.08. The number of benzene rings is 2. The molecule has 2 heterocycles. The third kappa shape index (κ3) is 9.91. The van der Waals surface area contributed by atoms with Gasteiger partial charge in [-0.2, -0.15) is 0 Å². The molecule has 3 atom stereocenters. The molecular formula is C36H46N6O7. The van der Waals surface area contributed by atoms with Gasteiger partial charge >= 0.3 is 12.1 Å². The fourth-order valence-electron chi connectivity index (χ4n) is 5.58. The summed E-state index contributed by atoms with van der Waals surface area (Å²) in [6.07, 6.45) is 4.12. The molecule has 1 aliphatic rings. The molecule has 2 aromatic carbocycles. The molecule has 2 unspecified atom stereocenters. The van der Waals surface area contributed by atoms with Gasteiger partial charge in [0.25, 0.3) is 5.91 Å². The highest BCUT2D eigenvalue weighted by Crippen LogP contribution is 2.28. The molecule has 13 nitrogen and oxygen atoms in total. The van der Waals surface area contributed by atoms with Crippen LogP contribution in [-0.2, 0) is 35.1 Å². The van der Waals surface area contributed by atoms with Gasteiger partial charge in [-0.25, -0.2) is 14.6 Å². The lowest BCUT2D eigenvalue weighted by Gasteiger charge is -2.29. The Kier molecular flexibility index (Phi) is 11.8. The Hall–Kier alpha value is -5.20. The van der Waals surface area contributed by atoms with E-state index in [2.05, 4.69) is 20.9 Å². The quantitative estimate of drug-likeness (QED) is 0.243. The van der Waals surface area contributed by atoms with E-state index in [1.165, 1.54) is 32.2 Å². The van der Waals surface area contributed by atoms with Crippen LogP contribution in [0.2, 0.25) is 0 Å². The second-order valence-electron chi connectivity index (χ2n) is 13.5. The van der Waals surface area contributed by atoms with Crippen molar-refractivity contribution < 1.29 is 33.4 Å². The van der Waals surface area contributed by atoms with Gasteiger partial charge in [0.2, 0.25) is 11.8 Å². The van der Waals surface area contributed by atoms with Crippen molar-refractivity contribution in [3.63, 3.8) is 0 Å². The maximum Gasteiger partial charge on any atom is 0.408 e. The van der Waals surface area contributed by atoms with Gasteiger partial charge in [0.1, 0.15) is 29.3 Å². The van der Waals surface area contributed by atoms with Crippen LogP contribution in [0.3, 0.4) is 0 Å². The molecule has 1 aliphatic heterocycles. The maximum absolute atomic E-state index is 14.0. The molecule has 3 aromatic rings. The highest BCUT2D eigenvalue weighted by Gasteiger charge is 2.39. The highest BCUT2D eigenvalue weighted by molar-refractivity contribution is 5.98. The minimum Gasteiger partial charge on any atom is -0.467 e. The van der Waals surface area contributed by atoms with Crippen molar-refractivity contribution in [1.82, 2.24) is 25.1 Å². The number of aromatic nitrogens is 2. The minimum atomic E-state index is -1.41. The van der Waals surface area contributed by atoms with Crippen molar-refractivity contribution in [2.24, 2.45) is 0 Å². The van der Waals surface area contributed by atoms with Crippen LogP contribution in [0.15, 0.2) is 73.2 Å². The Bertz CT molecular complexity index is 1620. The van der Waals surface area contributed by atoms with Gasteiger partial charge in [-0.05, 0) is 71.4 Å². The summed E-state index contributed by atoms with van der Waals surface area (Å²) in [5.74, 6) is -1.73. The lowest BCUT2D eigenvalue weighted by atomic mass is 10.0. The van der Waals surface area contributed by atoms with E-state index >= 15 is 0 Å². The van der Waals surface area contributed by atoms with Crippen LogP contribution in [-0.4, -0.2) is 81.1 Å². The number of likely N-dealkylation sites (tertiary alicyclic amines) is 1. The predicted octanol–water partition coefficient (Wildman–Crippen LogP) is 4.00. The molecule has 262 valence electrons. The number of amides is 4. The van der Waals surface area contributed by atoms with E-state index in [-0.39, 0.29) is 18.1 Å². The van der Waals surface area contributed by atoms with Crippen molar-refractivity contribution in [3.8, 4) is 0 Å². The molecule has 0 bridgehead atoms. The Labute approximate surface area is 286 Å². The average Bonchev–Trinajstić information content (AvgIpc) is 3.72. The van der Waals surface area contributed by atoms with Crippen LogP contribution in [0.25, 0.3) is 0 Å². The van der Waals surface area contributed by atoms with Crippen molar-refractivity contribution in [2.45, 2.75) is 89.6 Å². The summed E-state index contributed by atoms with van der Waals surface area (Å²) in [5, 5.41) is 8.14. The van der Waals surface area contributed by atoms with Crippen LogP contribution in [0.4, 0.5) is 10.6 Å². The molecule has 0 spiro atoms. The van der Waals surface area contributed by atoms with Crippen molar-refractivity contribution >= 4 is 35.6 Å². The summed E-state index contributed by atoms with van der Waals surface area (Å²) >= 11 is 0. The number of methoxy groups -OCH3 is 1. The monoisotopic (exact) mass is 674 g/mol. The smallest absolute Gasteiger partial charge is 0.408 e. The number of nitrogens with one attached hydrogen (secondary N) is 3. The molecule has 4 rings (SSSR count). The largest absolute Gasteiger partial charge is 0.467 e. The number of anilines is 1. The molecular weight excluding hydrogens is 628 g/mol. The summed E-state index contributed by atoms with van der Waals surface area (Å²) in [7, 11) is 1.30. The molecule has 3 N–H and O–H groups in total. The number of carbonyl (C=O) groups excluding carboxylic acids is 5. The van der Waals surface area contributed by atoms with Gasteiger partial charge in [0, 0.05) is 12.7 Å². The van der Waals surface area contributed by atoms with E-state index in [9.17, 15) is 24.0 Å². The number of ether oxygens (including phenoxy) is 2. The number of aryl methyl sites for hydroxylation is 1. The zero-order valence-electron chi connectivity index (χ0n) is 28.9. The molecule has 49 heavy (non-hydrogen) atoms. The second kappa shape index (κ2) is 15.8. The number of hydrogen-bond acceptors (Lipinski definition) is 8. The molecule has 0 saturated carbocycles. The van der Waals surface area contributed by atoms with E-state index < -0.39 is 53.1 Å². The molecule has 13 heteroatoms. The van der Waals surface area contributed by atoms with Gasteiger partial charge in [-0.15, -0.1) is 0 Å². The molecule has 0 radical (unpaired) electrons. The number of esters is 1. The topological polar surface area (TPSA) is 161 Å². The van der Waals surface area contributed by atoms with Crippen LogP contribution in [0.5, 0.6) is 0 Å². The summed E-state index contributed by atoms with van der Waals surface area (Å²) < 4.78 is 11.9. The summed E-state index contributed by atoms with van der Waals surface area (Å²) in [5.41, 5.74) is -0.525. The van der Waals surface area contributed by atoms with Crippen molar-refractivity contribution in [1.29, 1.82) is 0 Å². The van der Waals surface area contributed by atoms with E-state index in [1.54, 1.807) is 31.5 Å². The first-order valence-electron chi connectivity index (χ1n) is 16.3. The SMILES string of the molecule is COC(=O)C1CCCN1C(=O)C(c1ccccc1)n1cnc(NC(=O)[C@@H](CCc2ccccc2)NC(=O)C(C)(C)NC(=O)OC(C)(C)C)c1. The summed E-state index contributed by atoms with van der Waals surface area (Å²) in [4.78, 5) is 72.0. The zero-order valence-corrected chi connectivity index (χ0v) is 28.9. The fraction of sp³-hybridized carbons (Fsp3) is 0.444. The van der Waals surface area contributed by atoms with Crippen LogP contribution < -0.4 is 16.0 Å². The van der Waals surface area contributed by atoms with Gasteiger partial charge < -0.3 is 34.9 Å². The van der Waals surface area contributed by atoms with Gasteiger partial charge in [0.15, 0.2) is 5.82 Å². The second-order valence-corrected chi connectivity index (χ2v) is 13.5. The first kappa shape index (κ1) is 36.6. The van der Waals surface area contributed by atoms with Crippen molar-refractivity contribution in [3.05, 3.63) is 84.3 Å².